The van der Waals surface area contributed by atoms with Crippen molar-refractivity contribution in [3.05, 3.63) is 125 Å². The van der Waals surface area contributed by atoms with Gasteiger partial charge in [0.05, 0.1) is 18.9 Å². The molecule has 1 aliphatic heterocycles. The highest BCUT2D eigenvalue weighted by atomic mass is 19.1. The minimum Gasteiger partial charge on any atom is -0.493 e. The van der Waals surface area contributed by atoms with Gasteiger partial charge in [-0.25, -0.2) is 14.6 Å². The molecule has 2 amide bonds. The fourth-order valence-electron chi connectivity index (χ4n) is 3.96. The Morgan fingerprint density at radius 3 is 2.40 bits per heavy atom. The van der Waals surface area contributed by atoms with Crippen molar-refractivity contribution in [3.63, 3.8) is 0 Å². The van der Waals surface area contributed by atoms with Crippen LogP contribution >= 0.6 is 0 Å². The number of carbonyl (C=O) groups excluding carboxylic acids is 3. The lowest BCUT2D eigenvalue weighted by atomic mass is 10.1. The van der Waals surface area contributed by atoms with Gasteiger partial charge in [0.15, 0.2) is 23.0 Å². The number of ether oxygens (including phenoxy) is 4. The maximum absolute atomic E-state index is 13.5. The second-order valence-electron chi connectivity index (χ2n) is 9.00. The summed E-state index contributed by atoms with van der Waals surface area (Å²) in [4.78, 5) is 38.4. The minimum absolute atomic E-state index is 0.0411. The fraction of sp³-hybridized carbons (Fsp3) is 0.0625. The quantitative estimate of drug-likeness (QED) is 0.0965. The smallest absolute Gasteiger partial charge is 0.343 e. The molecule has 10 nitrogen and oxygen atoms in total. The molecule has 0 aliphatic carbocycles. The maximum atomic E-state index is 13.5. The van der Waals surface area contributed by atoms with Gasteiger partial charge in [-0.1, -0.05) is 30.3 Å². The van der Waals surface area contributed by atoms with Crippen LogP contribution in [0.2, 0.25) is 0 Å². The van der Waals surface area contributed by atoms with Crippen LogP contribution in [0.4, 0.5) is 4.39 Å². The first kappa shape index (κ1) is 28.6. The van der Waals surface area contributed by atoms with Gasteiger partial charge in [-0.3, -0.25) is 9.59 Å². The maximum Gasteiger partial charge on any atom is 0.343 e. The van der Waals surface area contributed by atoms with Gasteiger partial charge < -0.3 is 24.3 Å². The minimum atomic E-state index is -0.759. The molecule has 0 unspecified atom stereocenters. The number of halogens is 1. The SMILES string of the molecule is COc1cc(C=NNC(=O)C(=Cc2ccc3c(c2)OCO3)NC(=O)c2ccccc2)ccc1OC(=O)c1cccc(F)c1. The van der Waals surface area contributed by atoms with E-state index in [4.69, 9.17) is 18.9 Å². The Morgan fingerprint density at radius 1 is 0.837 bits per heavy atom. The molecule has 5 rings (SSSR count). The van der Waals surface area contributed by atoms with Gasteiger partial charge in [-0.2, -0.15) is 5.10 Å². The molecule has 0 radical (unpaired) electrons. The number of nitrogens with zero attached hydrogens (tertiary/aromatic N) is 1. The van der Waals surface area contributed by atoms with E-state index in [9.17, 15) is 18.8 Å². The van der Waals surface area contributed by atoms with Gasteiger partial charge >= 0.3 is 5.97 Å². The van der Waals surface area contributed by atoms with E-state index < -0.39 is 23.6 Å². The van der Waals surface area contributed by atoms with Gasteiger partial charge in [0.25, 0.3) is 11.8 Å². The number of methoxy groups -OCH3 is 1. The average molecular weight is 582 g/mol. The molecule has 11 heteroatoms. The molecule has 4 aromatic rings. The Kier molecular flexibility index (Phi) is 8.72. The number of hydrogen-bond donors (Lipinski definition) is 2. The number of esters is 1. The molecular formula is C32H24FN3O7. The number of fused-ring (bicyclic) bond motifs is 1. The first-order valence-electron chi connectivity index (χ1n) is 12.9. The zero-order valence-electron chi connectivity index (χ0n) is 22.7. The van der Waals surface area contributed by atoms with Crippen LogP contribution in [0.1, 0.15) is 31.8 Å². The molecule has 216 valence electrons. The molecule has 0 saturated heterocycles. The van der Waals surface area contributed by atoms with E-state index >= 15 is 0 Å². The van der Waals surface area contributed by atoms with Crippen molar-refractivity contribution in [2.75, 3.05) is 13.9 Å². The molecule has 0 saturated carbocycles. The zero-order chi connectivity index (χ0) is 30.2. The van der Waals surface area contributed by atoms with Gasteiger partial charge in [-0.15, -0.1) is 0 Å². The van der Waals surface area contributed by atoms with Crippen molar-refractivity contribution in [2.45, 2.75) is 0 Å². The molecule has 0 bridgehead atoms. The summed E-state index contributed by atoms with van der Waals surface area (Å²) in [5, 5.41) is 6.63. The summed E-state index contributed by atoms with van der Waals surface area (Å²) in [5.74, 6) is -1.10. The summed E-state index contributed by atoms with van der Waals surface area (Å²) in [6, 6.07) is 23.2. The van der Waals surface area contributed by atoms with E-state index in [0.29, 0.717) is 28.2 Å². The Morgan fingerprint density at radius 2 is 1.60 bits per heavy atom. The molecule has 1 heterocycles. The number of hydrogen-bond acceptors (Lipinski definition) is 8. The summed E-state index contributed by atoms with van der Waals surface area (Å²) in [5.41, 5.74) is 3.82. The van der Waals surface area contributed by atoms with Gasteiger partial charge in [-0.05, 0) is 77.9 Å². The predicted octanol–water partition coefficient (Wildman–Crippen LogP) is 4.70. The summed E-state index contributed by atoms with van der Waals surface area (Å²) in [7, 11) is 1.39. The van der Waals surface area contributed by atoms with Crippen LogP contribution in [0.5, 0.6) is 23.0 Å². The third-order valence-electron chi connectivity index (χ3n) is 6.07. The molecular weight excluding hydrogens is 557 g/mol. The lowest BCUT2D eigenvalue weighted by Crippen LogP contribution is -2.32. The molecule has 0 spiro atoms. The van der Waals surface area contributed by atoms with Crippen molar-refractivity contribution in [2.24, 2.45) is 5.10 Å². The second-order valence-corrected chi connectivity index (χ2v) is 9.00. The van der Waals surface area contributed by atoms with Crippen molar-refractivity contribution in [1.82, 2.24) is 10.7 Å². The molecule has 43 heavy (non-hydrogen) atoms. The van der Waals surface area contributed by atoms with Crippen molar-refractivity contribution in [1.29, 1.82) is 0 Å². The fourth-order valence-corrected chi connectivity index (χ4v) is 3.96. The van der Waals surface area contributed by atoms with Crippen LogP contribution in [0, 0.1) is 5.82 Å². The average Bonchev–Trinajstić information content (AvgIpc) is 3.49. The molecule has 2 N–H and O–H groups in total. The number of rotatable bonds is 9. The first-order chi connectivity index (χ1) is 20.9. The third kappa shape index (κ3) is 7.22. The number of hydrazone groups is 1. The van der Waals surface area contributed by atoms with Gasteiger partial charge in [0.1, 0.15) is 11.5 Å². The van der Waals surface area contributed by atoms with Crippen LogP contribution in [-0.2, 0) is 4.79 Å². The van der Waals surface area contributed by atoms with Crippen molar-refractivity contribution in [3.8, 4) is 23.0 Å². The standard InChI is InChI=1S/C32H24FN3O7/c1-40-28-16-21(11-13-27(28)43-32(39)23-8-5-9-24(33)17-23)18-34-36-31(38)25(35-30(37)22-6-3-2-4-7-22)14-20-10-12-26-29(15-20)42-19-41-26/h2-18H,19H2,1H3,(H,35,37)(H,36,38). The first-order valence-corrected chi connectivity index (χ1v) is 12.9. The van der Waals surface area contributed by atoms with Crippen molar-refractivity contribution < 1.29 is 37.7 Å². The van der Waals surface area contributed by atoms with E-state index in [1.165, 1.54) is 49.7 Å². The molecule has 0 fully saturated rings. The van der Waals surface area contributed by atoms with Crippen molar-refractivity contribution >= 4 is 30.1 Å². The molecule has 0 atom stereocenters. The Bertz CT molecular complexity index is 1740. The van der Waals surface area contributed by atoms with Crippen LogP contribution in [0.15, 0.2) is 102 Å². The van der Waals surface area contributed by atoms with Gasteiger partial charge in [0.2, 0.25) is 6.79 Å². The van der Waals surface area contributed by atoms with E-state index in [1.54, 1.807) is 54.6 Å². The Labute approximate surface area is 245 Å². The lowest BCUT2D eigenvalue weighted by molar-refractivity contribution is -0.117. The van der Waals surface area contributed by atoms with E-state index in [-0.39, 0.29) is 29.6 Å². The number of nitrogens with one attached hydrogen (secondary N) is 2. The normalized spacial score (nSPS) is 12.1. The monoisotopic (exact) mass is 581 g/mol. The van der Waals surface area contributed by atoms with Crippen LogP contribution in [-0.4, -0.2) is 37.9 Å². The van der Waals surface area contributed by atoms with Crippen LogP contribution in [0.3, 0.4) is 0 Å². The molecule has 4 aromatic carbocycles. The van der Waals surface area contributed by atoms with Gasteiger partial charge in [0, 0.05) is 5.56 Å². The number of carbonyl (C=O) groups is 3. The highest BCUT2D eigenvalue weighted by Crippen LogP contribution is 2.33. The summed E-state index contributed by atoms with van der Waals surface area (Å²) < 4.78 is 34.9. The number of amides is 2. The summed E-state index contributed by atoms with van der Waals surface area (Å²) >= 11 is 0. The summed E-state index contributed by atoms with van der Waals surface area (Å²) in [6.45, 7) is 0.0938. The number of benzene rings is 4. The van der Waals surface area contributed by atoms with Crippen LogP contribution < -0.4 is 29.7 Å². The Hall–Kier alpha value is -5.97. The second kappa shape index (κ2) is 13.1. The Balaban J connectivity index is 1.31. The lowest BCUT2D eigenvalue weighted by Gasteiger charge is -2.10. The zero-order valence-corrected chi connectivity index (χ0v) is 22.7. The largest absolute Gasteiger partial charge is 0.493 e. The highest BCUT2D eigenvalue weighted by molar-refractivity contribution is 6.05. The van der Waals surface area contributed by atoms with E-state index in [1.807, 2.05) is 0 Å². The molecule has 1 aliphatic rings. The van der Waals surface area contributed by atoms with E-state index in [0.717, 1.165) is 6.07 Å². The third-order valence-corrected chi connectivity index (χ3v) is 6.07. The molecule has 0 aromatic heterocycles. The van der Waals surface area contributed by atoms with Crippen LogP contribution in [0.25, 0.3) is 6.08 Å². The highest BCUT2D eigenvalue weighted by Gasteiger charge is 2.17. The summed E-state index contributed by atoms with van der Waals surface area (Å²) in [6.07, 6.45) is 2.83. The predicted molar refractivity (Wildman–Crippen MR) is 155 cm³/mol. The van der Waals surface area contributed by atoms with E-state index in [2.05, 4.69) is 15.8 Å². The topological polar surface area (TPSA) is 125 Å².